The second-order valence-electron chi connectivity index (χ2n) is 4.74. The highest BCUT2D eigenvalue weighted by Crippen LogP contribution is 2.21. The number of aryl methyl sites for hydroxylation is 1. The summed E-state index contributed by atoms with van der Waals surface area (Å²) in [5.74, 6) is -0.195. The van der Waals surface area contributed by atoms with Crippen LogP contribution in [-0.2, 0) is 13.1 Å². The molecule has 0 aliphatic heterocycles. The van der Waals surface area contributed by atoms with Gasteiger partial charge in [-0.3, -0.25) is 9.48 Å². The van der Waals surface area contributed by atoms with Crippen LogP contribution >= 0.6 is 11.6 Å². The molecule has 1 aromatic heterocycles. The number of hydrogen-bond donors (Lipinski definition) is 2. The molecule has 0 aliphatic carbocycles. The van der Waals surface area contributed by atoms with E-state index in [1.165, 1.54) is 0 Å². The van der Waals surface area contributed by atoms with E-state index < -0.39 is 0 Å². The van der Waals surface area contributed by atoms with E-state index in [4.69, 9.17) is 11.6 Å². The van der Waals surface area contributed by atoms with E-state index in [0.717, 1.165) is 24.2 Å². The monoisotopic (exact) mass is 306 g/mol. The normalized spacial score (nSPS) is 10.4. The van der Waals surface area contributed by atoms with Crippen molar-refractivity contribution in [1.82, 2.24) is 15.1 Å². The number of aromatic nitrogens is 2. The zero-order valence-electron chi connectivity index (χ0n) is 12.2. The molecule has 1 amide bonds. The van der Waals surface area contributed by atoms with Gasteiger partial charge in [0.2, 0.25) is 0 Å². The molecule has 2 aromatic rings. The summed E-state index contributed by atoms with van der Waals surface area (Å²) in [7, 11) is 1.58. The number of nitrogens with zero attached hydrogens (tertiary/aromatic N) is 2. The molecule has 0 fully saturated rings. The highest BCUT2D eigenvalue weighted by Gasteiger charge is 2.09. The second-order valence-corrected chi connectivity index (χ2v) is 5.15. The number of benzene rings is 1. The smallest absolute Gasteiger partial charge is 0.252 e. The number of halogens is 1. The molecule has 0 radical (unpaired) electrons. The van der Waals surface area contributed by atoms with Crippen LogP contribution in [0.4, 0.5) is 5.69 Å². The molecule has 0 saturated heterocycles. The summed E-state index contributed by atoms with van der Waals surface area (Å²) in [6.07, 6.45) is 4.92. The highest BCUT2D eigenvalue weighted by molar-refractivity contribution is 6.34. The van der Waals surface area contributed by atoms with Gasteiger partial charge in [0.1, 0.15) is 0 Å². The Labute approximate surface area is 129 Å². The molecule has 0 bridgehead atoms. The number of rotatable bonds is 6. The summed E-state index contributed by atoms with van der Waals surface area (Å²) >= 11 is 6.02. The standard InChI is InChI=1S/C15H19ClN4O/c1-3-6-20-10-11(9-19-20)8-18-12-4-5-14(16)13(7-12)15(21)17-2/h4-5,7,9-10,18H,3,6,8H2,1-2H3,(H,17,21). The number of carbonyl (C=O) groups excluding carboxylic acids is 1. The van der Waals surface area contributed by atoms with Gasteiger partial charge in [0.25, 0.3) is 5.91 Å². The maximum atomic E-state index is 11.7. The van der Waals surface area contributed by atoms with Crippen LogP contribution in [0.3, 0.4) is 0 Å². The van der Waals surface area contributed by atoms with Crippen LogP contribution < -0.4 is 10.6 Å². The second kappa shape index (κ2) is 7.13. The molecule has 0 atom stereocenters. The SMILES string of the molecule is CCCn1cc(CNc2ccc(Cl)c(C(=O)NC)c2)cn1. The maximum Gasteiger partial charge on any atom is 0.252 e. The Hall–Kier alpha value is -2.01. The van der Waals surface area contributed by atoms with Crippen molar-refractivity contribution in [3.63, 3.8) is 0 Å². The number of nitrogens with one attached hydrogen (secondary N) is 2. The molecule has 5 nitrogen and oxygen atoms in total. The molecule has 2 N–H and O–H groups in total. The van der Waals surface area contributed by atoms with Crippen molar-refractivity contribution in [2.24, 2.45) is 0 Å². The minimum Gasteiger partial charge on any atom is -0.381 e. The first kappa shape index (κ1) is 15.4. The number of carbonyl (C=O) groups is 1. The van der Waals surface area contributed by atoms with E-state index in [2.05, 4.69) is 22.7 Å². The molecule has 1 heterocycles. The Bertz CT molecular complexity index is 624. The van der Waals surface area contributed by atoms with Crippen LogP contribution in [0.2, 0.25) is 5.02 Å². The lowest BCUT2D eigenvalue weighted by Crippen LogP contribution is -2.18. The molecule has 21 heavy (non-hydrogen) atoms. The molecule has 1 aromatic carbocycles. The fourth-order valence-electron chi connectivity index (χ4n) is 2.00. The van der Waals surface area contributed by atoms with Crippen LogP contribution in [0.5, 0.6) is 0 Å². The van der Waals surface area contributed by atoms with Crippen molar-refractivity contribution in [3.8, 4) is 0 Å². The van der Waals surface area contributed by atoms with Gasteiger partial charge in [-0.15, -0.1) is 0 Å². The Morgan fingerprint density at radius 2 is 2.24 bits per heavy atom. The van der Waals surface area contributed by atoms with Gasteiger partial charge < -0.3 is 10.6 Å². The average molecular weight is 307 g/mol. The lowest BCUT2D eigenvalue weighted by atomic mass is 10.2. The van der Waals surface area contributed by atoms with Gasteiger partial charge in [-0.25, -0.2) is 0 Å². The fourth-order valence-corrected chi connectivity index (χ4v) is 2.20. The zero-order chi connectivity index (χ0) is 15.2. The number of amides is 1. The van der Waals surface area contributed by atoms with Crippen molar-refractivity contribution in [2.75, 3.05) is 12.4 Å². The van der Waals surface area contributed by atoms with Crippen molar-refractivity contribution in [2.45, 2.75) is 26.4 Å². The van der Waals surface area contributed by atoms with Crippen molar-refractivity contribution < 1.29 is 4.79 Å². The topological polar surface area (TPSA) is 59.0 Å². The third-order valence-electron chi connectivity index (χ3n) is 3.07. The van der Waals surface area contributed by atoms with Crippen LogP contribution in [0.25, 0.3) is 0 Å². The highest BCUT2D eigenvalue weighted by atomic mass is 35.5. The van der Waals surface area contributed by atoms with Crippen molar-refractivity contribution >= 4 is 23.2 Å². The van der Waals surface area contributed by atoms with Gasteiger partial charge in [0.15, 0.2) is 0 Å². The van der Waals surface area contributed by atoms with Crippen LogP contribution in [-0.4, -0.2) is 22.7 Å². The molecule has 0 aliphatic rings. The minimum absolute atomic E-state index is 0.195. The van der Waals surface area contributed by atoms with E-state index in [0.29, 0.717) is 17.1 Å². The van der Waals surface area contributed by atoms with E-state index in [1.54, 1.807) is 19.2 Å². The predicted molar refractivity (Wildman–Crippen MR) is 84.7 cm³/mol. The third-order valence-corrected chi connectivity index (χ3v) is 3.40. The summed E-state index contributed by atoms with van der Waals surface area (Å²) in [5.41, 5.74) is 2.41. The quantitative estimate of drug-likeness (QED) is 0.862. The first-order valence-corrected chi connectivity index (χ1v) is 7.28. The van der Waals surface area contributed by atoms with E-state index >= 15 is 0 Å². The summed E-state index contributed by atoms with van der Waals surface area (Å²) in [4.78, 5) is 11.7. The molecule has 0 unspecified atom stereocenters. The minimum atomic E-state index is -0.195. The Balaban J connectivity index is 2.04. The predicted octanol–water partition coefficient (Wildman–Crippen LogP) is 2.92. The van der Waals surface area contributed by atoms with Gasteiger partial charge in [0.05, 0.1) is 16.8 Å². The van der Waals surface area contributed by atoms with Crippen molar-refractivity contribution in [1.29, 1.82) is 0 Å². The van der Waals surface area contributed by atoms with Gasteiger partial charge in [-0.1, -0.05) is 18.5 Å². The molecular formula is C15H19ClN4O. The van der Waals surface area contributed by atoms with Crippen LogP contribution in [0, 0.1) is 0 Å². The largest absolute Gasteiger partial charge is 0.381 e. The third kappa shape index (κ3) is 3.98. The Kier molecular flexibility index (Phi) is 5.22. The molecule has 112 valence electrons. The summed E-state index contributed by atoms with van der Waals surface area (Å²) in [6, 6.07) is 5.32. The maximum absolute atomic E-state index is 11.7. The van der Waals surface area contributed by atoms with Gasteiger partial charge >= 0.3 is 0 Å². The van der Waals surface area contributed by atoms with Gasteiger partial charge in [0, 0.05) is 37.6 Å². The lowest BCUT2D eigenvalue weighted by molar-refractivity contribution is 0.0963. The van der Waals surface area contributed by atoms with Gasteiger partial charge in [-0.05, 0) is 24.6 Å². The first-order valence-electron chi connectivity index (χ1n) is 6.91. The zero-order valence-corrected chi connectivity index (χ0v) is 12.9. The average Bonchev–Trinajstić information content (AvgIpc) is 2.94. The fraction of sp³-hybridized carbons (Fsp3) is 0.333. The summed E-state index contributed by atoms with van der Waals surface area (Å²) in [5, 5.41) is 10.6. The van der Waals surface area contributed by atoms with Gasteiger partial charge in [-0.2, -0.15) is 5.10 Å². The molecular weight excluding hydrogens is 288 g/mol. The number of hydrogen-bond acceptors (Lipinski definition) is 3. The van der Waals surface area contributed by atoms with Crippen LogP contribution in [0.15, 0.2) is 30.6 Å². The molecule has 2 rings (SSSR count). The first-order chi connectivity index (χ1) is 10.1. The Morgan fingerprint density at radius 3 is 2.95 bits per heavy atom. The Morgan fingerprint density at radius 1 is 1.43 bits per heavy atom. The summed E-state index contributed by atoms with van der Waals surface area (Å²) < 4.78 is 1.93. The molecule has 6 heteroatoms. The van der Waals surface area contributed by atoms with E-state index in [-0.39, 0.29) is 5.91 Å². The molecule has 0 spiro atoms. The van der Waals surface area contributed by atoms with Crippen molar-refractivity contribution in [3.05, 3.63) is 46.7 Å². The van der Waals surface area contributed by atoms with Crippen LogP contribution in [0.1, 0.15) is 29.3 Å². The van der Waals surface area contributed by atoms with E-state index in [1.807, 2.05) is 23.1 Å². The molecule has 0 saturated carbocycles. The summed E-state index contributed by atoms with van der Waals surface area (Å²) in [6.45, 7) is 3.69. The van der Waals surface area contributed by atoms with E-state index in [9.17, 15) is 4.79 Å². The lowest BCUT2D eigenvalue weighted by Gasteiger charge is -2.08. The number of anilines is 1.